The third-order valence-electron chi connectivity index (χ3n) is 5.95. The first-order valence-corrected chi connectivity index (χ1v) is 11.0. The molecule has 0 radical (unpaired) electrons. The summed E-state index contributed by atoms with van der Waals surface area (Å²) in [5.74, 6) is 0.107. The molecule has 7 heteroatoms. The molecule has 1 fully saturated rings. The Labute approximate surface area is 187 Å². The molecule has 0 aliphatic carbocycles. The first-order chi connectivity index (χ1) is 15.5. The number of aromatic nitrogens is 2. The molecule has 32 heavy (non-hydrogen) atoms. The van der Waals surface area contributed by atoms with Gasteiger partial charge in [0.15, 0.2) is 0 Å². The maximum absolute atomic E-state index is 12.9. The van der Waals surface area contributed by atoms with E-state index in [1.807, 2.05) is 30.0 Å². The predicted octanol–water partition coefficient (Wildman–Crippen LogP) is 2.78. The molecule has 1 aromatic heterocycles. The summed E-state index contributed by atoms with van der Waals surface area (Å²) in [5, 5.41) is 0. The van der Waals surface area contributed by atoms with Crippen molar-refractivity contribution < 1.29 is 9.59 Å². The van der Waals surface area contributed by atoms with Crippen molar-refractivity contribution in [1.29, 1.82) is 0 Å². The molecule has 2 heterocycles. The van der Waals surface area contributed by atoms with E-state index in [9.17, 15) is 14.4 Å². The molecule has 1 N–H and O–H groups in total. The molecular weight excluding hydrogens is 404 g/mol. The van der Waals surface area contributed by atoms with Crippen molar-refractivity contribution in [3.8, 4) is 5.69 Å². The largest absolute Gasteiger partial charge is 0.339 e. The second-order valence-corrected chi connectivity index (χ2v) is 8.13. The van der Waals surface area contributed by atoms with Gasteiger partial charge < -0.3 is 14.8 Å². The Morgan fingerprint density at radius 3 is 2.19 bits per heavy atom. The summed E-state index contributed by atoms with van der Waals surface area (Å²) in [7, 11) is 0. The SMILES string of the molecule is Cc1c[nH]c(=O)n1-c1ccc(C(=O)N2CCN(C(=O)CCCc3ccccc3)CC2)cc1. The summed E-state index contributed by atoms with van der Waals surface area (Å²) in [4.78, 5) is 43.7. The number of hydrogen-bond donors (Lipinski definition) is 1. The Bertz CT molecular complexity index is 1120. The fourth-order valence-corrected chi connectivity index (χ4v) is 4.12. The smallest absolute Gasteiger partial charge is 0.330 e. The normalized spacial score (nSPS) is 13.9. The van der Waals surface area contributed by atoms with Gasteiger partial charge in [-0.3, -0.25) is 14.2 Å². The second-order valence-electron chi connectivity index (χ2n) is 8.13. The molecule has 166 valence electrons. The Balaban J connectivity index is 1.28. The van der Waals surface area contributed by atoms with Crippen LogP contribution in [0.2, 0.25) is 0 Å². The van der Waals surface area contributed by atoms with Crippen molar-refractivity contribution in [1.82, 2.24) is 19.4 Å². The number of carbonyl (C=O) groups excluding carboxylic acids is 2. The highest BCUT2D eigenvalue weighted by Gasteiger charge is 2.24. The molecular formula is C25H28N4O3. The first-order valence-electron chi connectivity index (χ1n) is 11.0. The van der Waals surface area contributed by atoms with E-state index >= 15 is 0 Å². The number of hydrogen-bond acceptors (Lipinski definition) is 3. The Morgan fingerprint density at radius 2 is 1.56 bits per heavy atom. The highest BCUT2D eigenvalue weighted by Crippen LogP contribution is 2.14. The molecule has 0 saturated carbocycles. The fraction of sp³-hybridized carbons (Fsp3) is 0.320. The number of aromatic amines is 1. The van der Waals surface area contributed by atoms with Gasteiger partial charge in [0, 0.05) is 50.1 Å². The van der Waals surface area contributed by atoms with Crippen LogP contribution in [0, 0.1) is 6.92 Å². The van der Waals surface area contributed by atoms with Crippen LogP contribution < -0.4 is 5.69 Å². The molecule has 0 unspecified atom stereocenters. The minimum atomic E-state index is -0.203. The van der Waals surface area contributed by atoms with Gasteiger partial charge in [-0.1, -0.05) is 30.3 Å². The van der Waals surface area contributed by atoms with Crippen LogP contribution in [-0.4, -0.2) is 57.3 Å². The minimum Gasteiger partial charge on any atom is -0.339 e. The lowest BCUT2D eigenvalue weighted by atomic mass is 10.1. The van der Waals surface area contributed by atoms with Gasteiger partial charge in [-0.25, -0.2) is 4.79 Å². The highest BCUT2D eigenvalue weighted by atomic mass is 16.2. The number of imidazole rings is 1. The average Bonchev–Trinajstić information content (AvgIpc) is 3.17. The fourth-order valence-electron chi connectivity index (χ4n) is 4.12. The second kappa shape index (κ2) is 9.68. The van der Waals surface area contributed by atoms with E-state index in [4.69, 9.17) is 0 Å². The van der Waals surface area contributed by atoms with Crippen molar-refractivity contribution in [3.63, 3.8) is 0 Å². The van der Waals surface area contributed by atoms with Crippen LogP contribution in [0.15, 0.2) is 65.6 Å². The number of aryl methyl sites for hydroxylation is 2. The topological polar surface area (TPSA) is 78.4 Å². The summed E-state index contributed by atoms with van der Waals surface area (Å²) in [6.45, 7) is 4.03. The molecule has 1 aliphatic heterocycles. The van der Waals surface area contributed by atoms with E-state index in [1.165, 1.54) is 5.56 Å². The van der Waals surface area contributed by atoms with Crippen molar-refractivity contribution in [2.75, 3.05) is 26.2 Å². The van der Waals surface area contributed by atoms with Gasteiger partial charge in [0.25, 0.3) is 5.91 Å². The molecule has 4 rings (SSSR count). The summed E-state index contributed by atoms with van der Waals surface area (Å²) in [6, 6.07) is 17.2. The summed E-state index contributed by atoms with van der Waals surface area (Å²) in [5.41, 5.74) is 3.15. The van der Waals surface area contributed by atoms with E-state index in [1.54, 1.807) is 39.9 Å². The van der Waals surface area contributed by atoms with Gasteiger partial charge in [-0.2, -0.15) is 0 Å². The average molecular weight is 433 g/mol. The number of rotatable bonds is 6. The molecule has 0 spiro atoms. The number of nitrogens with one attached hydrogen (secondary N) is 1. The lowest BCUT2D eigenvalue weighted by molar-refractivity contribution is -0.132. The molecule has 2 aromatic carbocycles. The number of amides is 2. The zero-order chi connectivity index (χ0) is 22.5. The van der Waals surface area contributed by atoms with Crippen LogP contribution in [0.5, 0.6) is 0 Å². The minimum absolute atomic E-state index is 0.0501. The van der Waals surface area contributed by atoms with Crippen LogP contribution in [-0.2, 0) is 11.2 Å². The lowest BCUT2D eigenvalue weighted by Gasteiger charge is -2.35. The van der Waals surface area contributed by atoms with E-state index in [0.29, 0.717) is 38.2 Å². The quantitative estimate of drug-likeness (QED) is 0.651. The summed E-state index contributed by atoms with van der Waals surface area (Å²) < 4.78 is 1.57. The summed E-state index contributed by atoms with van der Waals surface area (Å²) >= 11 is 0. The van der Waals surface area contributed by atoms with Crippen molar-refractivity contribution in [2.45, 2.75) is 26.2 Å². The molecule has 3 aromatic rings. The van der Waals surface area contributed by atoms with Crippen LogP contribution in [0.1, 0.15) is 34.5 Å². The zero-order valence-corrected chi connectivity index (χ0v) is 18.3. The summed E-state index contributed by atoms with van der Waals surface area (Å²) in [6.07, 6.45) is 3.92. The maximum Gasteiger partial charge on any atom is 0.330 e. The monoisotopic (exact) mass is 432 g/mol. The van der Waals surface area contributed by atoms with Gasteiger partial charge >= 0.3 is 5.69 Å². The lowest BCUT2D eigenvalue weighted by Crippen LogP contribution is -2.50. The van der Waals surface area contributed by atoms with Crippen LogP contribution in [0.4, 0.5) is 0 Å². The van der Waals surface area contributed by atoms with Crippen LogP contribution in [0.3, 0.4) is 0 Å². The van der Waals surface area contributed by atoms with E-state index in [2.05, 4.69) is 17.1 Å². The van der Waals surface area contributed by atoms with Gasteiger partial charge in [-0.15, -0.1) is 0 Å². The Kier molecular flexibility index (Phi) is 6.54. The third-order valence-corrected chi connectivity index (χ3v) is 5.95. The van der Waals surface area contributed by atoms with Crippen molar-refractivity contribution in [3.05, 3.63) is 88.1 Å². The van der Waals surface area contributed by atoms with E-state index < -0.39 is 0 Å². The van der Waals surface area contributed by atoms with Crippen molar-refractivity contribution >= 4 is 11.8 Å². The Morgan fingerprint density at radius 1 is 0.906 bits per heavy atom. The molecule has 0 atom stereocenters. The number of nitrogens with zero attached hydrogens (tertiary/aromatic N) is 3. The van der Waals surface area contributed by atoms with Gasteiger partial charge in [0.1, 0.15) is 0 Å². The number of piperazine rings is 1. The van der Waals surface area contributed by atoms with Crippen LogP contribution in [0.25, 0.3) is 5.69 Å². The van der Waals surface area contributed by atoms with Crippen LogP contribution >= 0.6 is 0 Å². The maximum atomic E-state index is 12.9. The predicted molar refractivity (Wildman–Crippen MR) is 123 cm³/mol. The van der Waals surface area contributed by atoms with E-state index in [0.717, 1.165) is 24.2 Å². The molecule has 1 saturated heterocycles. The van der Waals surface area contributed by atoms with Gasteiger partial charge in [0.2, 0.25) is 5.91 Å². The van der Waals surface area contributed by atoms with E-state index in [-0.39, 0.29) is 17.5 Å². The standard InChI is InChI=1S/C25H28N4O3/c1-19-18-26-25(32)29(19)22-12-10-21(11-13-22)24(31)28-16-14-27(15-17-28)23(30)9-5-8-20-6-3-2-4-7-20/h2-4,6-7,10-13,18H,5,8-9,14-17H2,1H3,(H,26,32). The molecule has 1 aliphatic rings. The molecule has 7 nitrogen and oxygen atoms in total. The number of benzene rings is 2. The van der Waals surface area contributed by atoms with Gasteiger partial charge in [0.05, 0.1) is 5.69 Å². The zero-order valence-electron chi connectivity index (χ0n) is 18.3. The third kappa shape index (κ3) is 4.82. The number of carbonyl (C=O) groups is 2. The Hall–Kier alpha value is -3.61. The van der Waals surface area contributed by atoms with Gasteiger partial charge in [-0.05, 0) is 49.6 Å². The number of H-pyrrole nitrogens is 1. The van der Waals surface area contributed by atoms with Crippen molar-refractivity contribution in [2.24, 2.45) is 0 Å². The molecule has 2 amide bonds. The molecule has 0 bridgehead atoms. The highest BCUT2D eigenvalue weighted by molar-refractivity contribution is 5.94. The first kappa shape index (κ1) is 21.6.